The second-order valence-electron chi connectivity index (χ2n) is 2.33. The molecule has 0 saturated carbocycles. The lowest BCUT2D eigenvalue weighted by atomic mass is 10.2. The van der Waals surface area contributed by atoms with Crippen molar-refractivity contribution in [3.63, 3.8) is 0 Å². The summed E-state index contributed by atoms with van der Waals surface area (Å²) in [6, 6.07) is 0. The van der Waals surface area contributed by atoms with Crippen LogP contribution in [0.2, 0.25) is 0 Å². The fraction of sp³-hybridized carbons (Fsp3) is 0.500. The lowest BCUT2D eigenvalue weighted by Crippen LogP contribution is -2.36. The van der Waals surface area contributed by atoms with Gasteiger partial charge in [0.2, 0.25) is 0 Å². The van der Waals surface area contributed by atoms with Crippen molar-refractivity contribution in [3.05, 3.63) is 0 Å². The fourth-order valence-corrected chi connectivity index (χ4v) is 0.694. The highest BCUT2D eigenvalue weighted by Gasteiger charge is 2.33. The number of hydrogen-bond acceptors (Lipinski definition) is 4. The summed E-state index contributed by atoms with van der Waals surface area (Å²) >= 11 is 0. The van der Waals surface area contributed by atoms with Gasteiger partial charge in [0.1, 0.15) is 5.92 Å². The lowest BCUT2D eigenvalue weighted by Gasteiger charge is -2.12. The lowest BCUT2D eigenvalue weighted by molar-refractivity contribution is -0.162. The zero-order chi connectivity index (χ0) is 10.6. The van der Waals surface area contributed by atoms with E-state index >= 15 is 0 Å². The maximum atomic E-state index is 10.3. The molecule has 7 heteroatoms. The molecule has 13 heavy (non-hydrogen) atoms. The molecule has 74 valence electrons. The number of aliphatic hydroxyl groups is 1. The van der Waals surface area contributed by atoms with Crippen molar-refractivity contribution in [2.75, 3.05) is 0 Å². The van der Waals surface area contributed by atoms with Gasteiger partial charge in [-0.1, -0.05) is 0 Å². The molecule has 0 aromatic rings. The summed E-state index contributed by atoms with van der Waals surface area (Å²) in [5, 5.41) is 33.5. The van der Waals surface area contributed by atoms with Gasteiger partial charge in [-0.05, 0) is 0 Å². The molecule has 0 aromatic heterocycles. The van der Waals surface area contributed by atoms with E-state index in [0.29, 0.717) is 0 Å². The summed E-state index contributed by atoms with van der Waals surface area (Å²) < 4.78 is 0. The Hall–Kier alpha value is -1.63. The normalized spacial score (nSPS) is 14.5. The van der Waals surface area contributed by atoms with E-state index < -0.39 is 36.4 Å². The zero-order valence-corrected chi connectivity index (χ0v) is 6.38. The standard InChI is InChI=1S/C6H8O7/c7-3(8)1-2(5(10)11)4(9)6(12)13/h2,4,9H,1H2,(H,7,8)(H,10,11)(H,12,13)/t2-,4+/m0/s1/i1+1,3+1,6+1. The Bertz CT molecular complexity index is 233. The Morgan fingerprint density at radius 1 is 1.00 bits per heavy atom. The van der Waals surface area contributed by atoms with E-state index in [9.17, 15) is 14.4 Å². The van der Waals surface area contributed by atoms with Gasteiger partial charge in [-0.3, -0.25) is 9.59 Å². The first-order valence-electron chi connectivity index (χ1n) is 3.21. The maximum Gasteiger partial charge on any atom is 0.333 e. The van der Waals surface area contributed by atoms with Crippen molar-refractivity contribution in [3.8, 4) is 0 Å². The molecule has 0 aromatic carbocycles. The van der Waals surface area contributed by atoms with Crippen molar-refractivity contribution in [2.45, 2.75) is 12.5 Å². The van der Waals surface area contributed by atoms with Crippen LogP contribution in [0.25, 0.3) is 0 Å². The molecule has 0 aliphatic carbocycles. The van der Waals surface area contributed by atoms with Crippen molar-refractivity contribution in [1.82, 2.24) is 0 Å². The largest absolute Gasteiger partial charge is 0.481 e. The molecule has 0 saturated heterocycles. The summed E-state index contributed by atoms with van der Waals surface area (Å²) in [7, 11) is 0. The Labute approximate surface area is 72.2 Å². The minimum absolute atomic E-state index is 0.928. The first-order valence-corrected chi connectivity index (χ1v) is 3.21. The predicted molar refractivity (Wildman–Crippen MR) is 37.0 cm³/mol. The van der Waals surface area contributed by atoms with Gasteiger partial charge in [0.25, 0.3) is 0 Å². The van der Waals surface area contributed by atoms with E-state index in [0.717, 1.165) is 0 Å². The van der Waals surface area contributed by atoms with Gasteiger partial charge in [0, 0.05) is 0 Å². The van der Waals surface area contributed by atoms with E-state index in [4.69, 9.17) is 20.4 Å². The van der Waals surface area contributed by atoms with Crippen LogP contribution in [0.15, 0.2) is 0 Å². The minimum Gasteiger partial charge on any atom is -0.481 e. The van der Waals surface area contributed by atoms with Crippen LogP contribution in [-0.4, -0.2) is 44.4 Å². The number of aliphatic carboxylic acids is 3. The number of rotatable bonds is 5. The quantitative estimate of drug-likeness (QED) is 0.397. The monoisotopic (exact) mass is 195 g/mol. The van der Waals surface area contributed by atoms with Crippen LogP contribution in [0.4, 0.5) is 0 Å². The third-order valence-corrected chi connectivity index (χ3v) is 1.35. The van der Waals surface area contributed by atoms with Crippen LogP contribution in [0.1, 0.15) is 6.42 Å². The van der Waals surface area contributed by atoms with Crippen LogP contribution in [0, 0.1) is 5.92 Å². The van der Waals surface area contributed by atoms with E-state index in [2.05, 4.69) is 0 Å². The van der Waals surface area contributed by atoms with Crippen LogP contribution in [0.3, 0.4) is 0 Å². The summed E-state index contributed by atoms with van der Waals surface area (Å²) in [5.41, 5.74) is 0. The molecular formula is C6H8O7. The molecule has 0 radical (unpaired) electrons. The number of aliphatic hydroxyl groups excluding tert-OH is 1. The molecule has 7 nitrogen and oxygen atoms in total. The molecule has 0 unspecified atom stereocenters. The third kappa shape index (κ3) is 3.52. The Morgan fingerprint density at radius 3 is 1.69 bits per heavy atom. The number of carbonyl (C=O) groups is 3. The van der Waals surface area contributed by atoms with Crippen LogP contribution in [-0.2, 0) is 14.4 Å². The van der Waals surface area contributed by atoms with Gasteiger partial charge >= 0.3 is 17.9 Å². The minimum atomic E-state index is -2.20. The molecule has 0 heterocycles. The van der Waals surface area contributed by atoms with Gasteiger partial charge in [0.15, 0.2) is 6.10 Å². The van der Waals surface area contributed by atoms with Crippen molar-refractivity contribution in [2.24, 2.45) is 5.92 Å². The van der Waals surface area contributed by atoms with E-state index in [-0.39, 0.29) is 0 Å². The summed E-state index contributed by atoms with van der Waals surface area (Å²) in [6.45, 7) is 0. The average Bonchev–Trinajstić information content (AvgIpc) is 1.97. The molecule has 0 aliphatic rings. The number of carboxylic acid groups (broad SMARTS) is 3. The smallest absolute Gasteiger partial charge is 0.333 e. The van der Waals surface area contributed by atoms with Crippen molar-refractivity contribution < 1.29 is 34.8 Å². The second-order valence-corrected chi connectivity index (χ2v) is 2.33. The maximum absolute atomic E-state index is 10.3. The van der Waals surface area contributed by atoms with E-state index in [1.807, 2.05) is 0 Å². The highest BCUT2D eigenvalue weighted by molar-refractivity contribution is 5.85. The molecule has 2 atom stereocenters. The Balaban J connectivity index is 4.51. The Kier molecular flexibility index (Phi) is 3.86. The molecule has 0 spiro atoms. The molecule has 0 bridgehead atoms. The second kappa shape index (κ2) is 4.41. The Morgan fingerprint density at radius 2 is 1.46 bits per heavy atom. The topological polar surface area (TPSA) is 132 Å². The number of hydrogen-bond donors (Lipinski definition) is 4. The highest BCUT2D eigenvalue weighted by atomic mass is 16.5. The van der Waals surface area contributed by atoms with Gasteiger partial charge in [-0.25, -0.2) is 4.79 Å². The predicted octanol–water partition coefficient (Wildman–Crippen LogP) is -1.39. The first kappa shape index (κ1) is 11.4. The molecule has 0 amide bonds. The summed E-state index contributed by atoms with van der Waals surface area (Å²) in [6.07, 6.45) is -3.13. The summed E-state index contributed by atoms with van der Waals surface area (Å²) in [5.74, 6) is -6.71. The zero-order valence-electron chi connectivity index (χ0n) is 6.38. The van der Waals surface area contributed by atoms with Crippen LogP contribution >= 0.6 is 0 Å². The van der Waals surface area contributed by atoms with Crippen LogP contribution in [0.5, 0.6) is 0 Å². The third-order valence-electron chi connectivity index (χ3n) is 1.35. The SMILES string of the molecule is O=C(O)[C@@H]([13CH2][13C](=O)O)[C@@H](O)[13C](=O)O. The molecule has 4 N–H and O–H groups in total. The van der Waals surface area contributed by atoms with Gasteiger partial charge in [-0.2, -0.15) is 0 Å². The van der Waals surface area contributed by atoms with Gasteiger partial charge in [-0.15, -0.1) is 0 Å². The van der Waals surface area contributed by atoms with Crippen LogP contribution < -0.4 is 0 Å². The van der Waals surface area contributed by atoms with Gasteiger partial charge in [0.05, 0.1) is 6.42 Å². The summed E-state index contributed by atoms with van der Waals surface area (Å²) in [4.78, 5) is 30.5. The van der Waals surface area contributed by atoms with E-state index in [1.165, 1.54) is 0 Å². The molecular weight excluding hydrogens is 187 g/mol. The van der Waals surface area contributed by atoms with Gasteiger partial charge < -0.3 is 20.4 Å². The van der Waals surface area contributed by atoms with Crippen molar-refractivity contribution in [1.29, 1.82) is 0 Å². The number of carboxylic acids is 3. The fourth-order valence-electron chi connectivity index (χ4n) is 0.694. The molecule has 0 aliphatic heterocycles. The van der Waals surface area contributed by atoms with Crippen molar-refractivity contribution >= 4 is 17.9 Å². The highest BCUT2D eigenvalue weighted by Crippen LogP contribution is 2.09. The first-order chi connectivity index (χ1) is 5.86. The van der Waals surface area contributed by atoms with E-state index in [1.54, 1.807) is 0 Å². The molecule has 0 fully saturated rings. The average molecular weight is 195 g/mol. The molecule has 0 rings (SSSR count).